The molecule has 2 aromatic heterocycles. The number of rotatable bonds is 5. The standard InChI is InChI=1S/C26H23F5N6O2S.C7H12FN/c1-5-17(38)37-9-11(2)16(10-37)36(3)23-13-8-14(26(29,30)31)18(19(28)20(13)34-25(35-23)39-4)12-6-7-15(27)22-21(12)33-24(32)40-22;8-6-4-7-2-1-3-9(7)5-6/h5-8,11,16H,1,9-10H2,2-4H3,(H2,32,33);6-7H,1-5H2/t11-,16?;/m0./s1. The molecule has 7 rings (SSSR count). The van der Waals surface area contributed by atoms with Crippen molar-refractivity contribution in [3.05, 3.63) is 48.1 Å². The van der Waals surface area contributed by atoms with Crippen LogP contribution in [0.1, 0.15) is 31.7 Å². The summed E-state index contributed by atoms with van der Waals surface area (Å²) in [6.07, 6.45) is -1.02. The Morgan fingerprint density at radius 2 is 1.92 bits per heavy atom. The average molecular weight is 708 g/mol. The highest BCUT2D eigenvalue weighted by Gasteiger charge is 2.40. The molecule has 4 atom stereocenters. The van der Waals surface area contributed by atoms with Crippen LogP contribution in [0.3, 0.4) is 0 Å². The van der Waals surface area contributed by atoms with Gasteiger partial charge in [-0.3, -0.25) is 9.69 Å². The van der Waals surface area contributed by atoms with Crippen molar-refractivity contribution in [2.24, 2.45) is 5.92 Å². The van der Waals surface area contributed by atoms with Gasteiger partial charge in [-0.05, 0) is 56.0 Å². The quantitative estimate of drug-likeness (QED) is 0.187. The van der Waals surface area contributed by atoms with Gasteiger partial charge < -0.3 is 20.3 Å². The van der Waals surface area contributed by atoms with Crippen molar-refractivity contribution in [3.63, 3.8) is 0 Å². The maximum absolute atomic E-state index is 16.3. The van der Waals surface area contributed by atoms with Crippen molar-refractivity contribution in [3.8, 4) is 17.1 Å². The lowest BCUT2D eigenvalue weighted by Crippen LogP contribution is -2.39. The Bertz CT molecular complexity index is 1910. The number of halogens is 6. The Balaban J connectivity index is 0.000000396. The van der Waals surface area contributed by atoms with Crippen molar-refractivity contribution >= 4 is 49.3 Å². The van der Waals surface area contributed by atoms with E-state index in [1.54, 1.807) is 16.8 Å². The number of ether oxygens (including phenoxy) is 1. The minimum absolute atomic E-state index is 0.00953. The van der Waals surface area contributed by atoms with E-state index in [0.29, 0.717) is 19.1 Å². The summed E-state index contributed by atoms with van der Waals surface area (Å²) in [5.41, 5.74) is 2.64. The Morgan fingerprint density at radius 3 is 2.59 bits per heavy atom. The summed E-state index contributed by atoms with van der Waals surface area (Å²) in [6, 6.07) is 2.73. The molecule has 2 aromatic carbocycles. The van der Waals surface area contributed by atoms with Crippen LogP contribution in [0.15, 0.2) is 30.9 Å². The SMILES string of the molecule is C=CC(=O)N1CC(N(C)c2nc(OC)nc3c(F)c(-c4ccc(F)c5sc(N)nc45)c(C(F)(F)F)cc23)[C@@H](C)C1.FC1CC2CCCN2C1. The van der Waals surface area contributed by atoms with Gasteiger partial charge in [0, 0.05) is 49.2 Å². The Labute approximate surface area is 282 Å². The first-order valence-electron chi connectivity index (χ1n) is 15.7. The number of aromatic nitrogens is 3. The minimum Gasteiger partial charge on any atom is -0.467 e. The van der Waals surface area contributed by atoms with Crippen molar-refractivity contribution < 1.29 is 35.9 Å². The highest BCUT2D eigenvalue weighted by molar-refractivity contribution is 7.22. The summed E-state index contributed by atoms with van der Waals surface area (Å²) in [6.45, 7) is 7.89. The number of amides is 1. The highest BCUT2D eigenvalue weighted by Crippen LogP contribution is 2.46. The van der Waals surface area contributed by atoms with E-state index in [9.17, 15) is 26.7 Å². The molecule has 2 N–H and O–H groups in total. The number of benzene rings is 2. The van der Waals surface area contributed by atoms with Crippen LogP contribution < -0.4 is 15.4 Å². The molecule has 3 saturated heterocycles. The Morgan fingerprint density at radius 1 is 1.16 bits per heavy atom. The molecule has 16 heteroatoms. The van der Waals surface area contributed by atoms with Gasteiger partial charge in [-0.15, -0.1) is 0 Å². The fourth-order valence-electron chi connectivity index (χ4n) is 7.18. The molecule has 262 valence electrons. The number of methoxy groups -OCH3 is 1. The van der Waals surface area contributed by atoms with Crippen LogP contribution >= 0.6 is 11.3 Å². The molecule has 0 aliphatic carbocycles. The molecule has 0 saturated carbocycles. The predicted molar refractivity (Wildman–Crippen MR) is 176 cm³/mol. The summed E-state index contributed by atoms with van der Waals surface area (Å²) < 4.78 is 92.0. The number of alkyl halides is 4. The zero-order valence-corrected chi connectivity index (χ0v) is 27.8. The van der Waals surface area contributed by atoms with Crippen LogP contribution in [0, 0.1) is 17.6 Å². The second-order valence-corrected chi connectivity index (χ2v) is 13.6. The van der Waals surface area contributed by atoms with Gasteiger partial charge in [0.05, 0.1) is 28.9 Å². The lowest BCUT2D eigenvalue weighted by Gasteiger charge is -2.29. The number of likely N-dealkylation sites (N-methyl/N-ethyl adjacent to an activating group) is 1. The maximum atomic E-state index is 16.3. The fraction of sp³-hybridized carbons (Fsp3) is 0.455. The molecule has 3 aliphatic heterocycles. The molecule has 9 nitrogen and oxygen atoms in total. The van der Waals surface area contributed by atoms with E-state index >= 15 is 4.39 Å². The number of anilines is 2. The molecule has 5 heterocycles. The number of nitrogens with zero attached hydrogens (tertiary/aromatic N) is 6. The highest BCUT2D eigenvalue weighted by atomic mass is 32.1. The van der Waals surface area contributed by atoms with Crippen LogP contribution in [0.2, 0.25) is 0 Å². The number of hydrogen-bond donors (Lipinski definition) is 1. The van der Waals surface area contributed by atoms with Gasteiger partial charge in [0.25, 0.3) is 0 Å². The van der Waals surface area contributed by atoms with Crippen molar-refractivity contribution in [1.82, 2.24) is 24.8 Å². The van der Waals surface area contributed by atoms with Crippen molar-refractivity contribution in [1.29, 1.82) is 0 Å². The Hall–Kier alpha value is -4.18. The third-order valence-corrected chi connectivity index (χ3v) is 10.4. The number of thiazole rings is 1. The number of nitrogen functional groups attached to an aromatic ring is 1. The number of likely N-dealkylation sites (tertiary alicyclic amines) is 1. The van der Waals surface area contributed by atoms with Gasteiger partial charge in [0.2, 0.25) is 5.91 Å². The molecular weight excluding hydrogens is 672 g/mol. The summed E-state index contributed by atoms with van der Waals surface area (Å²) in [5.74, 6) is -2.44. The van der Waals surface area contributed by atoms with Crippen LogP contribution in [0.25, 0.3) is 32.2 Å². The first-order valence-corrected chi connectivity index (χ1v) is 16.6. The number of carbonyl (C=O) groups is 1. The number of fused-ring (bicyclic) bond motifs is 3. The van der Waals surface area contributed by atoms with Gasteiger partial charge in [0.1, 0.15) is 23.3 Å². The van der Waals surface area contributed by atoms with Gasteiger partial charge in [-0.1, -0.05) is 24.8 Å². The van der Waals surface area contributed by atoms with Crippen LogP contribution in [0.5, 0.6) is 6.01 Å². The van der Waals surface area contributed by atoms with Crippen molar-refractivity contribution in [2.75, 3.05) is 51.0 Å². The lowest BCUT2D eigenvalue weighted by atomic mass is 9.95. The second-order valence-electron chi connectivity index (χ2n) is 12.6. The van der Waals surface area contributed by atoms with Gasteiger partial charge in [-0.2, -0.15) is 23.1 Å². The molecule has 49 heavy (non-hydrogen) atoms. The number of carbonyl (C=O) groups excluding carboxylic acids is 1. The molecule has 0 bridgehead atoms. The third kappa shape index (κ3) is 6.47. The summed E-state index contributed by atoms with van der Waals surface area (Å²) in [5, 5.41) is -0.299. The first-order chi connectivity index (χ1) is 23.2. The van der Waals surface area contributed by atoms with E-state index in [2.05, 4.69) is 26.4 Å². The third-order valence-electron chi connectivity index (χ3n) is 9.51. The molecule has 1 amide bonds. The minimum atomic E-state index is -5.02. The summed E-state index contributed by atoms with van der Waals surface area (Å²) >= 11 is 0.742. The summed E-state index contributed by atoms with van der Waals surface area (Å²) in [7, 11) is 2.85. The van der Waals surface area contributed by atoms with Crippen LogP contribution in [-0.2, 0) is 11.0 Å². The monoisotopic (exact) mass is 707 g/mol. The molecule has 0 spiro atoms. The number of nitrogens with two attached hydrogens (primary N) is 1. The van der Waals surface area contributed by atoms with E-state index in [4.69, 9.17) is 10.5 Å². The predicted octanol–water partition coefficient (Wildman–Crippen LogP) is 6.46. The topological polar surface area (TPSA) is 101 Å². The smallest absolute Gasteiger partial charge is 0.417 e. The van der Waals surface area contributed by atoms with Gasteiger partial charge in [0.15, 0.2) is 10.9 Å². The van der Waals surface area contributed by atoms with E-state index in [-0.39, 0.29) is 62.5 Å². The average Bonchev–Trinajstić information content (AvgIpc) is 3.84. The summed E-state index contributed by atoms with van der Waals surface area (Å²) in [4.78, 5) is 30.0. The van der Waals surface area contributed by atoms with Crippen molar-refractivity contribution in [2.45, 2.75) is 50.6 Å². The van der Waals surface area contributed by atoms with E-state index in [1.807, 2.05) is 6.92 Å². The second kappa shape index (κ2) is 13.3. The fourth-order valence-corrected chi connectivity index (χ4v) is 7.94. The molecular formula is C33H35F6N7O2S. The van der Waals surface area contributed by atoms with E-state index in [0.717, 1.165) is 42.5 Å². The zero-order valence-electron chi connectivity index (χ0n) is 27.0. The lowest BCUT2D eigenvalue weighted by molar-refractivity contribution is -0.137. The largest absolute Gasteiger partial charge is 0.467 e. The van der Waals surface area contributed by atoms with Crippen LogP contribution in [-0.4, -0.2) is 89.3 Å². The molecule has 4 aromatic rings. The first kappa shape index (κ1) is 34.7. The molecule has 0 radical (unpaired) electrons. The van der Waals surface area contributed by atoms with Gasteiger partial charge >= 0.3 is 12.2 Å². The molecule has 3 unspecified atom stereocenters. The Kier molecular flexibility index (Phi) is 9.39. The molecule has 3 aliphatic rings. The zero-order chi connectivity index (χ0) is 35.4. The number of hydrogen-bond acceptors (Lipinski definition) is 9. The normalized spacial score (nSPS) is 22.3. The maximum Gasteiger partial charge on any atom is 0.417 e. The molecule has 3 fully saturated rings. The van der Waals surface area contributed by atoms with E-state index in [1.165, 1.54) is 26.0 Å². The van der Waals surface area contributed by atoms with Crippen LogP contribution in [0.4, 0.5) is 37.3 Å². The van der Waals surface area contributed by atoms with E-state index < -0.39 is 40.6 Å². The van der Waals surface area contributed by atoms with Gasteiger partial charge in [-0.25, -0.2) is 18.2 Å².